The van der Waals surface area contributed by atoms with Gasteiger partial charge in [-0.3, -0.25) is 4.79 Å². The summed E-state index contributed by atoms with van der Waals surface area (Å²) in [5.41, 5.74) is 4.87. The topological polar surface area (TPSA) is 55.6 Å². The molecule has 1 aromatic rings. The largest absolute Gasteiger partial charge is 0.481 e. The molecule has 0 aromatic heterocycles. The van der Waals surface area contributed by atoms with Crippen LogP contribution in [-0.2, 0) is 4.79 Å². The molecule has 0 fully saturated rings. The van der Waals surface area contributed by atoms with Gasteiger partial charge in [-0.05, 0) is 6.92 Å². The third-order valence-electron chi connectivity index (χ3n) is 2.30. The maximum Gasteiger partial charge on any atom is 0.260 e. The number of ether oxygens (including phenoxy) is 1. The highest BCUT2D eigenvalue weighted by Crippen LogP contribution is 2.22. The van der Waals surface area contributed by atoms with Crippen molar-refractivity contribution in [3.63, 3.8) is 0 Å². The number of hydrogen-bond acceptors (Lipinski definition) is 3. The molecule has 1 amide bonds. The number of hydrogen-bond donors (Lipinski definition) is 1. The number of nitrogen functional groups attached to an aromatic ring is 1. The van der Waals surface area contributed by atoms with E-state index < -0.39 is 11.6 Å². The zero-order valence-corrected chi connectivity index (χ0v) is 9.67. The van der Waals surface area contributed by atoms with Gasteiger partial charge in [0.05, 0.1) is 5.69 Å². The van der Waals surface area contributed by atoms with E-state index >= 15 is 0 Å². The van der Waals surface area contributed by atoms with Crippen molar-refractivity contribution in [3.8, 4) is 5.75 Å². The molecule has 0 aliphatic rings. The molecule has 6 heteroatoms. The summed E-state index contributed by atoms with van der Waals surface area (Å²) in [6, 6.07) is 1.64. The Hall–Kier alpha value is -1.85. The monoisotopic (exact) mass is 244 g/mol. The molecule has 0 aliphatic heterocycles. The predicted octanol–water partition coefficient (Wildman–Crippen LogP) is 1.40. The molecule has 0 saturated carbocycles. The zero-order chi connectivity index (χ0) is 13.0. The predicted molar refractivity (Wildman–Crippen MR) is 59.6 cm³/mol. The minimum absolute atomic E-state index is 0.299. The lowest BCUT2D eigenvalue weighted by Gasteiger charge is -2.15. The Labute approximate surface area is 98.0 Å². The second-order valence-corrected chi connectivity index (χ2v) is 3.50. The Balaban J connectivity index is 2.70. The summed E-state index contributed by atoms with van der Waals surface area (Å²) in [7, 11) is 1.59. The van der Waals surface area contributed by atoms with Gasteiger partial charge >= 0.3 is 0 Å². The lowest BCUT2D eigenvalue weighted by Crippen LogP contribution is -2.31. The minimum atomic E-state index is -0.796. The fourth-order valence-corrected chi connectivity index (χ4v) is 1.08. The molecule has 0 unspecified atom stereocenters. The van der Waals surface area contributed by atoms with Gasteiger partial charge in [0.15, 0.2) is 18.2 Å². The van der Waals surface area contributed by atoms with E-state index in [1.165, 1.54) is 4.90 Å². The maximum atomic E-state index is 13.3. The van der Waals surface area contributed by atoms with Gasteiger partial charge in [-0.15, -0.1) is 0 Å². The first-order valence-corrected chi connectivity index (χ1v) is 5.07. The highest BCUT2D eigenvalue weighted by Gasteiger charge is 2.12. The number of nitrogens with two attached hydrogens (primary N) is 1. The van der Waals surface area contributed by atoms with Crippen LogP contribution < -0.4 is 10.5 Å². The molecule has 4 nitrogen and oxygen atoms in total. The molecule has 17 heavy (non-hydrogen) atoms. The third-order valence-corrected chi connectivity index (χ3v) is 2.30. The first kappa shape index (κ1) is 13.2. The van der Waals surface area contributed by atoms with E-state index in [0.29, 0.717) is 6.54 Å². The minimum Gasteiger partial charge on any atom is -0.481 e. The lowest BCUT2D eigenvalue weighted by molar-refractivity contribution is -0.131. The van der Waals surface area contributed by atoms with Crippen molar-refractivity contribution in [1.82, 2.24) is 4.90 Å². The van der Waals surface area contributed by atoms with E-state index in [0.717, 1.165) is 12.1 Å². The van der Waals surface area contributed by atoms with E-state index in [1.54, 1.807) is 14.0 Å². The summed E-state index contributed by atoms with van der Waals surface area (Å²) in [5.74, 6) is -2.22. The van der Waals surface area contributed by atoms with Crippen LogP contribution in [0.15, 0.2) is 12.1 Å². The summed E-state index contributed by atoms with van der Waals surface area (Å²) in [6.45, 7) is 1.97. The van der Waals surface area contributed by atoms with Gasteiger partial charge < -0.3 is 15.4 Å². The maximum absolute atomic E-state index is 13.3. The molecular weight excluding hydrogens is 230 g/mol. The van der Waals surface area contributed by atoms with Crippen LogP contribution in [0.1, 0.15) is 6.92 Å². The quantitative estimate of drug-likeness (QED) is 0.814. The summed E-state index contributed by atoms with van der Waals surface area (Å²) in [5, 5.41) is 0. The lowest BCUT2D eigenvalue weighted by atomic mass is 10.3. The van der Waals surface area contributed by atoms with Gasteiger partial charge in [-0.25, -0.2) is 8.78 Å². The van der Waals surface area contributed by atoms with Gasteiger partial charge in [-0.1, -0.05) is 0 Å². The number of carbonyl (C=O) groups is 1. The van der Waals surface area contributed by atoms with E-state index in [-0.39, 0.29) is 24.0 Å². The van der Waals surface area contributed by atoms with Crippen molar-refractivity contribution >= 4 is 11.6 Å². The van der Waals surface area contributed by atoms with E-state index in [9.17, 15) is 13.6 Å². The first-order chi connectivity index (χ1) is 7.95. The average Bonchev–Trinajstić information content (AvgIpc) is 2.30. The number of anilines is 1. The van der Waals surface area contributed by atoms with Crippen LogP contribution in [0.25, 0.3) is 0 Å². The molecular formula is C11H14F2N2O2. The van der Waals surface area contributed by atoms with Crippen LogP contribution in [0.5, 0.6) is 5.75 Å². The number of likely N-dealkylation sites (N-methyl/N-ethyl adjacent to an activating group) is 1. The number of carbonyl (C=O) groups excluding carboxylic acids is 1. The van der Waals surface area contributed by atoms with Crippen LogP contribution in [0.4, 0.5) is 14.5 Å². The van der Waals surface area contributed by atoms with Crippen LogP contribution in [-0.4, -0.2) is 31.0 Å². The van der Waals surface area contributed by atoms with E-state index in [2.05, 4.69) is 0 Å². The molecule has 0 saturated heterocycles. The van der Waals surface area contributed by atoms with Crippen molar-refractivity contribution < 1.29 is 18.3 Å². The molecule has 0 aliphatic carbocycles. The Morgan fingerprint density at radius 3 is 2.65 bits per heavy atom. The molecule has 0 heterocycles. The Kier molecular flexibility index (Phi) is 4.25. The molecule has 1 aromatic carbocycles. The van der Waals surface area contributed by atoms with E-state index in [1.807, 2.05) is 0 Å². The Morgan fingerprint density at radius 2 is 2.06 bits per heavy atom. The standard InChI is InChI=1S/C11H14F2N2O2/c1-3-15(2)11(16)6-17-10-5-7(12)9(14)4-8(10)13/h4-5H,3,6,14H2,1-2H3. The molecule has 0 bridgehead atoms. The first-order valence-electron chi connectivity index (χ1n) is 5.07. The normalized spacial score (nSPS) is 10.1. The molecule has 2 N–H and O–H groups in total. The molecule has 94 valence electrons. The van der Waals surface area contributed by atoms with Gasteiger partial charge in [0, 0.05) is 25.7 Å². The van der Waals surface area contributed by atoms with Crippen molar-refractivity contribution in [2.24, 2.45) is 0 Å². The van der Waals surface area contributed by atoms with Crippen LogP contribution in [0, 0.1) is 11.6 Å². The van der Waals surface area contributed by atoms with Crippen molar-refractivity contribution in [3.05, 3.63) is 23.8 Å². The molecule has 1 rings (SSSR count). The Bertz CT molecular complexity index is 424. The molecule has 0 radical (unpaired) electrons. The van der Waals surface area contributed by atoms with E-state index in [4.69, 9.17) is 10.5 Å². The van der Waals surface area contributed by atoms with Crippen LogP contribution in [0.3, 0.4) is 0 Å². The van der Waals surface area contributed by atoms with Gasteiger partial charge in [0.25, 0.3) is 5.91 Å². The van der Waals surface area contributed by atoms with Crippen LogP contribution >= 0.6 is 0 Å². The zero-order valence-electron chi connectivity index (χ0n) is 9.67. The van der Waals surface area contributed by atoms with Gasteiger partial charge in [0.1, 0.15) is 5.82 Å². The second-order valence-electron chi connectivity index (χ2n) is 3.50. The van der Waals surface area contributed by atoms with Gasteiger partial charge in [0.2, 0.25) is 0 Å². The van der Waals surface area contributed by atoms with Gasteiger partial charge in [-0.2, -0.15) is 0 Å². The SMILES string of the molecule is CCN(C)C(=O)COc1cc(F)c(N)cc1F. The summed E-state index contributed by atoms with van der Waals surface area (Å²) >= 11 is 0. The fraction of sp³-hybridized carbons (Fsp3) is 0.364. The third kappa shape index (κ3) is 3.30. The van der Waals surface area contributed by atoms with Crippen molar-refractivity contribution in [2.75, 3.05) is 25.9 Å². The number of rotatable bonds is 4. The average molecular weight is 244 g/mol. The number of benzene rings is 1. The summed E-state index contributed by atoms with van der Waals surface area (Å²) in [4.78, 5) is 12.8. The molecule has 0 spiro atoms. The van der Waals surface area contributed by atoms with Crippen molar-refractivity contribution in [1.29, 1.82) is 0 Å². The van der Waals surface area contributed by atoms with Crippen LogP contribution in [0.2, 0.25) is 0 Å². The number of nitrogens with zero attached hydrogens (tertiary/aromatic N) is 1. The number of amides is 1. The second kappa shape index (κ2) is 5.47. The number of halogens is 2. The summed E-state index contributed by atoms with van der Waals surface area (Å²) in [6.07, 6.45) is 0. The Morgan fingerprint density at radius 1 is 1.41 bits per heavy atom. The molecule has 0 atom stereocenters. The van der Waals surface area contributed by atoms with Crippen molar-refractivity contribution in [2.45, 2.75) is 6.92 Å². The fourth-order valence-electron chi connectivity index (χ4n) is 1.08. The summed E-state index contributed by atoms with van der Waals surface area (Å²) < 4.78 is 31.2. The highest BCUT2D eigenvalue weighted by molar-refractivity contribution is 5.77. The smallest absolute Gasteiger partial charge is 0.260 e. The highest BCUT2D eigenvalue weighted by atomic mass is 19.1.